The maximum Gasteiger partial charge on any atom is 0.503 e. The number of ether oxygens (including phenoxy) is 2. The molecule has 0 heterocycles. The highest BCUT2D eigenvalue weighted by atomic mass is 28.4. The number of rotatable bonds is 22. The van der Waals surface area contributed by atoms with Crippen molar-refractivity contribution in [1.29, 1.82) is 0 Å². The molecule has 0 aromatic heterocycles. The largest absolute Gasteiger partial charge is 0.503 e. The lowest BCUT2D eigenvalue weighted by Crippen LogP contribution is -2.49. The fraction of sp³-hybridized carbons (Fsp3) is 1.00. The number of hydrogen-bond donors (Lipinski definition) is 0. The van der Waals surface area contributed by atoms with Crippen LogP contribution in [0.25, 0.3) is 0 Å². The predicted octanol–water partition coefficient (Wildman–Crippen LogP) is 5.47. The maximum absolute atomic E-state index is 6.19. The molecule has 0 N–H and O–H groups in total. The summed E-state index contributed by atoms with van der Waals surface area (Å²) in [7, 11) is -5.53. The van der Waals surface area contributed by atoms with Gasteiger partial charge < -0.3 is 36.0 Å². The molecule has 8 nitrogen and oxygen atoms in total. The molecule has 33 heavy (non-hydrogen) atoms. The smallest absolute Gasteiger partial charge is 0.374 e. The van der Waals surface area contributed by atoms with Gasteiger partial charge in [0.2, 0.25) is 0 Å². The first kappa shape index (κ1) is 33.1. The van der Waals surface area contributed by atoms with Gasteiger partial charge in [-0.2, -0.15) is 0 Å². The molecule has 0 aromatic rings. The van der Waals surface area contributed by atoms with Gasteiger partial charge in [0.05, 0.1) is 13.2 Å². The molecule has 0 rings (SSSR count). The molecule has 2 atom stereocenters. The SMILES string of the molecule is CCO[Si](CC(C)C)(OCC)OC(C)OCCCOC(C)O[Si](CC(C)C)(OCC)OCC. The van der Waals surface area contributed by atoms with Gasteiger partial charge in [0, 0.05) is 38.5 Å². The molecule has 2 unspecified atom stereocenters. The van der Waals surface area contributed by atoms with E-state index in [-0.39, 0.29) is 0 Å². The third-order valence-electron chi connectivity index (χ3n) is 4.46. The summed E-state index contributed by atoms with van der Waals surface area (Å²) in [5.74, 6) is 0.827. The zero-order valence-electron chi connectivity index (χ0n) is 22.9. The summed E-state index contributed by atoms with van der Waals surface area (Å²) >= 11 is 0. The highest BCUT2D eigenvalue weighted by molar-refractivity contribution is 6.61. The molecule has 0 radical (unpaired) electrons. The molecule has 10 heteroatoms. The van der Waals surface area contributed by atoms with Crippen LogP contribution in [0.2, 0.25) is 12.1 Å². The Hall–Kier alpha value is 0.114. The van der Waals surface area contributed by atoms with Crippen molar-refractivity contribution >= 4 is 17.6 Å². The Labute approximate surface area is 205 Å². The summed E-state index contributed by atoms with van der Waals surface area (Å²) in [4.78, 5) is 0. The van der Waals surface area contributed by atoms with E-state index in [4.69, 9.17) is 36.0 Å². The van der Waals surface area contributed by atoms with Gasteiger partial charge in [-0.1, -0.05) is 27.7 Å². The molecule has 0 saturated heterocycles. The van der Waals surface area contributed by atoms with E-state index >= 15 is 0 Å². The normalized spacial score (nSPS) is 14.9. The van der Waals surface area contributed by atoms with E-state index in [2.05, 4.69) is 27.7 Å². The van der Waals surface area contributed by atoms with Gasteiger partial charge in [0.25, 0.3) is 0 Å². The minimum absolute atomic E-state index is 0.413. The monoisotopic (exact) mass is 512 g/mol. The van der Waals surface area contributed by atoms with Crippen molar-refractivity contribution in [3.63, 3.8) is 0 Å². The highest BCUT2D eigenvalue weighted by Gasteiger charge is 2.44. The third-order valence-corrected chi connectivity index (χ3v) is 11.4. The van der Waals surface area contributed by atoms with Crippen LogP contribution in [-0.4, -0.2) is 69.8 Å². The Morgan fingerprint density at radius 3 is 1.06 bits per heavy atom. The van der Waals surface area contributed by atoms with E-state index < -0.39 is 30.2 Å². The predicted molar refractivity (Wildman–Crippen MR) is 135 cm³/mol. The van der Waals surface area contributed by atoms with Crippen LogP contribution >= 0.6 is 0 Å². The van der Waals surface area contributed by atoms with E-state index in [1.54, 1.807) is 0 Å². The van der Waals surface area contributed by atoms with Crippen molar-refractivity contribution in [2.75, 3.05) is 39.6 Å². The first-order chi connectivity index (χ1) is 15.6. The third kappa shape index (κ3) is 15.0. The molecule has 0 fully saturated rings. The van der Waals surface area contributed by atoms with E-state index in [9.17, 15) is 0 Å². The molecule has 0 amide bonds. The lowest BCUT2D eigenvalue weighted by atomic mass is 10.3. The molecular weight excluding hydrogens is 460 g/mol. The van der Waals surface area contributed by atoms with Gasteiger partial charge in [0.15, 0.2) is 0 Å². The molecule has 0 aliphatic rings. The summed E-state index contributed by atoms with van der Waals surface area (Å²) in [6.07, 6.45) is -0.112. The van der Waals surface area contributed by atoms with Gasteiger partial charge in [-0.25, -0.2) is 0 Å². The second kappa shape index (κ2) is 18.4. The van der Waals surface area contributed by atoms with Crippen LogP contribution in [-0.2, 0) is 36.0 Å². The van der Waals surface area contributed by atoms with Crippen molar-refractivity contribution in [3.05, 3.63) is 0 Å². The van der Waals surface area contributed by atoms with Crippen molar-refractivity contribution < 1.29 is 36.0 Å². The lowest BCUT2D eigenvalue weighted by molar-refractivity contribution is -0.127. The quantitative estimate of drug-likeness (QED) is 0.107. The Morgan fingerprint density at radius 2 is 0.818 bits per heavy atom. The maximum atomic E-state index is 6.19. The molecule has 0 saturated carbocycles. The van der Waals surface area contributed by atoms with Crippen LogP contribution in [0.5, 0.6) is 0 Å². The Kier molecular flexibility index (Phi) is 18.5. The molecule has 0 bridgehead atoms. The van der Waals surface area contributed by atoms with Crippen LogP contribution in [0.3, 0.4) is 0 Å². The van der Waals surface area contributed by atoms with Crippen LogP contribution < -0.4 is 0 Å². The van der Waals surface area contributed by atoms with E-state index in [0.29, 0.717) is 57.9 Å². The fourth-order valence-electron chi connectivity index (χ4n) is 3.56. The first-order valence-electron chi connectivity index (χ1n) is 12.7. The summed E-state index contributed by atoms with van der Waals surface area (Å²) in [6, 6.07) is 1.53. The zero-order chi connectivity index (χ0) is 25.3. The summed E-state index contributed by atoms with van der Waals surface area (Å²) in [6.45, 7) is 23.5. The van der Waals surface area contributed by atoms with Gasteiger partial charge in [-0.05, 0) is 59.8 Å². The van der Waals surface area contributed by atoms with Gasteiger partial charge in [0.1, 0.15) is 12.6 Å². The van der Waals surface area contributed by atoms with Crippen LogP contribution in [0, 0.1) is 11.8 Å². The average Bonchev–Trinajstić information content (AvgIpc) is 2.67. The summed E-state index contributed by atoms with van der Waals surface area (Å²) < 4.78 is 48.0. The standard InChI is InChI=1S/C23H52O8Si2/c1-11-26-32(27-12-2,18-20(5)6)30-22(9)24-16-15-17-25-23(10)31-33(28-13-3,29-14-4)19-21(7)8/h20-23H,11-19H2,1-10H3. The van der Waals surface area contributed by atoms with Crippen LogP contribution in [0.15, 0.2) is 0 Å². The van der Waals surface area contributed by atoms with Gasteiger partial charge in [-0.15, -0.1) is 0 Å². The molecule has 0 aliphatic heterocycles. The average molecular weight is 513 g/mol. The van der Waals surface area contributed by atoms with Crippen molar-refractivity contribution in [3.8, 4) is 0 Å². The van der Waals surface area contributed by atoms with E-state index in [0.717, 1.165) is 12.1 Å². The van der Waals surface area contributed by atoms with Crippen LogP contribution in [0.4, 0.5) is 0 Å². The fourth-order valence-corrected chi connectivity index (χ4v) is 9.57. The minimum atomic E-state index is -2.76. The zero-order valence-corrected chi connectivity index (χ0v) is 24.9. The van der Waals surface area contributed by atoms with Gasteiger partial charge >= 0.3 is 17.6 Å². The molecule has 0 spiro atoms. The first-order valence-corrected chi connectivity index (χ1v) is 16.6. The van der Waals surface area contributed by atoms with Crippen LogP contribution in [0.1, 0.15) is 75.7 Å². The Bertz CT molecular complexity index is 416. The highest BCUT2D eigenvalue weighted by Crippen LogP contribution is 2.24. The molecular formula is C23H52O8Si2. The molecule has 0 aliphatic carbocycles. The topological polar surface area (TPSA) is 73.8 Å². The van der Waals surface area contributed by atoms with E-state index in [1.165, 1.54) is 0 Å². The van der Waals surface area contributed by atoms with E-state index in [1.807, 2.05) is 41.5 Å². The van der Waals surface area contributed by atoms with Gasteiger partial charge in [-0.3, -0.25) is 0 Å². The second-order valence-electron chi connectivity index (χ2n) is 8.76. The Morgan fingerprint density at radius 1 is 0.515 bits per heavy atom. The Balaban J connectivity index is 4.57. The minimum Gasteiger partial charge on any atom is -0.374 e. The van der Waals surface area contributed by atoms with Crippen molar-refractivity contribution in [2.24, 2.45) is 11.8 Å². The number of hydrogen-bond acceptors (Lipinski definition) is 8. The molecule has 0 aromatic carbocycles. The van der Waals surface area contributed by atoms with Crippen molar-refractivity contribution in [2.45, 2.75) is 100 Å². The molecule has 200 valence electrons. The lowest BCUT2D eigenvalue weighted by Gasteiger charge is -2.33. The van der Waals surface area contributed by atoms with Crippen molar-refractivity contribution in [1.82, 2.24) is 0 Å². The second-order valence-corrected chi connectivity index (χ2v) is 13.9. The summed E-state index contributed by atoms with van der Waals surface area (Å²) in [5.41, 5.74) is 0. The summed E-state index contributed by atoms with van der Waals surface area (Å²) in [5, 5.41) is 0.